The SMILES string of the molecule is CCOC(=O)[C@H](NC1CCCCC1)c1ccccc1. The van der Waals surface area contributed by atoms with Crippen molar-refractivity contribution in [2.24, 2.45) is 0 Å². The molecule has 19 heavy (non-hydrogen) atoms. The maximum Gasteiger partial charge on any atom is 0.327 e. The highest BCUT2D eigenvalue weighted by Crippen LogP contribution is 2.22. The van der Waals surface area contributed by atoms with Gasteiger partial charge in [0.2, 0.25) is 0 Å². The largest absolute Gasteiger partial charge is 0.465 e. The zero-order valence-electron chi connectivity index (χ0n) is 11.6. The van der Waals surface area contributed by atoms with E-state index < -0.39 is 0 Å². The van der Waals surface area contributed by atoms with Gasteiger partial charge in [0.05, 0.1) is 6.61 Å². The molecule has 1 aliphatic carbocycles. The first-order chi connectivity index (χ1) is 9.31. The first kappa shape index (κ1) is 14.1. The molecule has 1 aromatic carbocycles. The monoisotopic (exact) mass is 261 g/mol. The zero-order valence-corrected chi connectivity index (χ0v) is 11.6. The molecule has 1 atom stereocenters. The van der Waals surface area contributed by atoms with Crippen molar-refractivity contribution < 1.29 is 9.53 Å². The highest BCUT2D eigenvalue weighted by Gasteiger charge is 2.25. The van der Waals surface area contributed by atoms with Crippen molar-refractivity contribution in [2.75, 3.05) is 6.61 Å². The van der Waals surface area contributed by atoms with E-state index in [0.29, 0.717) is 12.6 Å². The summed E-state index contributed by atoms with van der Waals surface area (Å²) in [5.74, 6) is -0.167. The van der Waals surface area contributed by atoms with Crippen LogP contribution in [-0.2, 0) is 9.53 Å². The average Bonchev–Trinajstić information content (AvgIpc) is 2.47. The summed E-state index contributed by atoms with van der Waals surface area (Å²) in [4.78, 5) is 12.1. The summed E-state index contributed by atoms with van der Waals surface area (Å²) in [6.45, 7) is 2.27. The molecule has 3 nitrogen and oxygen atoms in total. The summed E-state index contributed by atoms with van der Waals surface area (Å²) in [6.07, 6.45) is 6.13. The van der Waals surface area contributed by atoms with Crippen molar-refractivity contribution in [3.63, 3.8) is 0 Å². The minimum absolute atomic E-state index is 0.167. The molecule has 0 aromatic heterocycles. The number of nitrogens with one attached hydrogen (secondary N) is 1. The second-order valence-corrected chi connectivity index (χ2v) is 5.10. The second-order valence-electron chi connectivity index (χ2n) is 5.10. The van der Waals surface area contributed by atoms with Crippen LogP contribution in [-0.4, -0.2) is 18.6 Å². The molecule has 1 N–H and O–H groups in total. The van der Waals surface area contributed by atoms with Crippen LogP contribution in [0.5, 0.6) is 0 Å². The maximum atomic E-state index is 12.1. The summed E-state index contributed by atoms with van der Waals surface area (Å²) < 4.78 is 5.20. The van der Waals surface area contributed by atoms with Gasteiger partial charge in [-0.25, -0.2) is 4.79 Å². The third kappa shape index (κ3) is 4.06. The molecule has 2 rings (SSSR count). The smallest absolute Gasteiger partial charge is 0.327 e. The van der Waals surface area contributed by atoms with Crippen molar-refractivity contribution in [1.82, 2.24) is 5.32 Å². The third-order valence-corrected chi connectivity index (χ3v) is 3.66. The van der Waals surface area contributed by atoms with Gasteiger partial charge in [-0.15, -0.1) is 0 Å². The van der Waals surface area contributed by atoms with E-state index in [4.69, 9.17) is 4.74 Å². The van der Waals surface area contributed by atoms with Crippen molar-refractivity contribution >= 4 is 5.97 Å². The standard InChI is InChI=1S/C16H23NO2/c1-2-19-16(18)15(13-9-5-3-6-10-13)17-14-11-7-4-8-12-14/h3,5-6,9-10,14-15,17H,2,4,7-8,11-12H2,1H3/t15-/m1/s1. The van der Waals surface area contributed by atoms with Crippen LogP contribution in [0.2, 0.25) is 0 Å². The van der Waals surface area contributed by atoms with Gasteiger partial charge < -0.3 is 4.74 Å². The minimum atomic E-state index is -0.329. The molecule has 1 fully saturated rings. The van der Waals surface area contributed by atoms with Crippen LogP contribution < -0.4 is 5.32 Å². The molecule has 0 unspecified atom stereocenters. The Hall–Kier alpha value is -1.35. The Morgan fingerprint density at radius 2 is 1.95 bits per heavy atom. The van der Waals surface area contributed by atoms with Crippen LogP contribution in [0.3, 0.4) is 0 Å². The number of carbonyl (C=O) groups excluding carboxylic acids is 1. The van der Waals surface area contributed by atoms with Gasteiger partial charge in [-0.3, -0.25) is 5.32 Å². The molecule has 0 radical (unpaired) electrons. The minimum Gasteiger partial charge on any atom is -0.465 e. The summed E-state index contributed by atoms with van der Waals surface area (Å²) >= 11 is 0. The molecule has 0 saturated heterocycles. The Bertz CT molecular complexity index is 385. The van der Waals surface area contributed by atoms with Gasteiger partial charge in [0, 0.05) is 6.04 Å². The predicted octanol–water partition coefficient (Wildman–Crippen LogP) is 3.21. The van der Waals surface area contributed by atoms with E-state index in [1.807, 2.05) is 37.3 Å². The van der Waals surface area contributed by atoms with E-state index in [1.54, 1.807) is 0 Å². The lowest BCUT2D eigenvalue weighted by atomic mass is 9.94. The van der Waals surface area contributed by atoms with Crippen molar-refractivity contribution in [3.05, 3.63) is 35.9 Å². The first-order valence-electron chi connectivity index (χ1n) is 7.29. The lowest BCUT2D eigenvalue weighted by Crippen LogP contribution is -2.39. The topological polar surface area (TPSA) is 38.3 Å². The van der Waals surface area contributed by atoms with Crippen molar-refractivity contribution in [3.8, 4) is 0 Å². The Kier molecular flexibility index (Phi) is 5.40. The van der Waals surface area contributed by atoms with E-state index in [-0.39, 0.29) is 12.0 Å². The lowest BCUT2D eigenvalue weighted by molar-refractivity contribution is -0.146. The molecule has 0 heterocycles. The van der Waals surface area contributed by atoms with Gasteiger partial charge >= 0.3 is 5.97 Å². The molecule has 1 aliphatic rings. The normalized spacial score (nSPS) is 17.9. The average molecular weight is 261 g/mol. The van der Waals surface area contributed by atoms with Crippen LogP contribution in [0.15, 0.2) is 30.3 Å². The Morgan fingerprint density at radius 1 is 1.26 bits per heavy atom. The fourth-order valence-corrected chi connectivity index (χ4v) is 2.68. The summed E-state index contributed by atoms with van der Waals surface area (Å²) in [5, 5.41) is 3.48. The Labute approximate surface area is 115 Å². The first-order valence-corrected chi connectivity index (χ1v) is 7.29. The van der Waals surface area contributed by atoms with Crippen LogP contribution in [0, 0.1) is 0 Å². The molecule has 0 bridgehead atoms. The molecule has 1 saturated carbocycles. The second kappa shape index (κ2) is 7.29. The number of benzene rings is 1. The van der Waals surface area contributed by atoms with E-state index >= 15 is 0 Å². The summed E-state index contributed by atoms with van der Waals surface area (Å²) in [6, 6.07) is 9.96. The van der Waals surface area contributed by atoms with Gasteiger partial charge in [0.15, 0.2) is 0 Å². The number of rotatable bonds is 5. The van der Waals surface area contributed by atoms with E-state index in [1.165, 1.54) is 19.3 Å². The van der Waals surface area contributed by atoms with Crippen LogP contribution >= 0.6 is 0 Å². The maximum absolute atomic E-state index is 12.1. The Morgan fingerprint density at radius 3 is 2.58 bits per heavy atom. The molecular weight excluding hydrogens is 238 g/mol. The van der Waals surface area contributed by atoms with Crippen molar-refractivity contribution in [2.45, 2.75) is 51.1 Å². The summed E-state index contributed by atoms with van der Waals surface area (Å²) in [5.41, 5.74) is 0.992. The molecular formula is C16H23NO2. The van der Waals surface area contributed by atoms with Gasteiger partial charge in [-0.05, 0) is 25.3 Å². The predicted molar refractivity (Wildman–Crippen MR) is 75.8 cm³/mol. The van der Waals surface area contributed by atoms with Crippen LogP contribution in [0.1, 0.15) is 50.6 Å². The molecule has 1 aromatic rings. The van der Waals surface area contributed by atoms with Crippen molar-refractivity contribution in [1.29, 1.82) is 0 Å². The molecule has 0 aliphatic heterocycles. The third-order valence-electron chi connectivity index (χ3n) is 3.66. The number of carbonyl (C=O) groups is 1. The fraction of sp³-hybridized carbons (Fsp3) is 0.562. The van der Waals surface area contributed by atoms with Crippen LogP contribution in [0.25, 0.3) is 0 Å². The molecule has 3 heteroatoms. The lowest BCUT2D eigenvalue weighted by Gasteiger charge is -2.27. The Balaban J connectivity index is 2.07. The highest BCUT2D eigenvalue weighted by atomic mass is 16.5. The van der Waals surface area contributed by atoms with Gasteiger partial charge in [0.1, 0.15) is 6.04 Å². The van der Waals surface area contributed by atoms with Crippen LogP contribution in [0.4, 0.5) is 0 Å². The summed E-state index contributed by atoms with van der Waals surface area (Å²) in [7, 11) is 0. The van der Waals surface area contributed by atoms with Gasteiger partial charge in [-0.1, -0.05) is 49.6 Å². The number of ether oxygens (including phenoxy) is 1. The van der Waals surface area contributed by atoms with E-state index in [9.17, 15) is 4.79 Å². The quantitative estimate of drug-likeness (QED) is 0.827. The van der Waals surface area contributed by atoms with E-state index in [0.717, 1.165) is 18.4 Å². The molecule has 104 valence electrons. The number of hydrogen-bond donors (Lipinski definition) is 1. The fourth-order valence-electron chi connectivity index (χ4n) is 2.68. The number of hydrogen-bond acceptors (Lipinski definition) is 3. The molecule has 0 spiro atoms. The molecule has 0 amide bonds. The zero-order chi connectivity index (χ0) is 13.5. The van der Waals surface area contributed by atoms with Gasteiger partial charge in [0.25, 0.3) is 0 Å². The van der Waals surface area contributed by atoms with E-state index in [2.05, 4.69) is 5.32 Å². The van der Waals surface area contributed by atoms with Gasteiger partial charge in [-0.2, -0.15) is 0 Å². The number of esters is 1. The highest BCUT2D eigenvalue weighted by molar-refractivity contribution is 5.77.